The molecule has 2 heterocycles. The fourth-order valence-corrected chi connectivity index (χ4v) is 4.91. The van der Waals surface area contributed by atoms with Crippen LogP contribution in [-0.4, -0.2) is 61.1 Å². The lowest BCUT2D eigenvalue weighted by Crippen LogP contribution is -2.55. The Balaban J connectivity index is 1.50. The molecule has 4 rings (SSSR count). The Bertz CT molecular complexity index is 781. The van der Waals surface area contributed by atoms with Crippen LogP contribution in [0.2, 0.25) is 0 Å². The zero-order valence-electron chi connectivity index (χ0n) is 16.4. The molecule has 2 fully saturated rings. The van der Waals surface area contributed by atoms with Gasteiger partial charge < -0.3 is 14.1 Å². The molecule has 27 heavy (non-hydrogen) atoms. The number of amides is 1. The van der Waals surface area contributed by atoms with Gasteiger partial charge in [-0.15, -0.1) is 0 Å². The molecule has 3 atom stereocenters. The molecule has 0 bridgehead atoms. The lowest BCUT2D eigenvalue weighted by molar-refractivity contribution is -0.134. The van der Waals surface area contributed by atoms with E-state index in [1.165, 1.54) is 12.8 Å². The van der Waals surface area contributed by atoms with Gasteiger partial charge in [-0.1, -0.05) is 12.1 Å². The number of likely N-dealkylation sites (N-methyl/N-ethyl adjacent to an activating group) is 1. The molecule has 1 aromatic heterocycles. The SMILES string of the molecule is CO[C@@H]1CC[C@H](N(C)C(=O)Cc2cccc3occc23)[C@H](N2CCCC2)C1. The molecule has 1 aliphatic heterocycles. The predicted octanol–water partition coefficient (Wildman–Crippen LogP) is 3.47. The van der Waals surface area contributed by atoms with Crippen LogP contribution < -0.4 is 0 Å². The van der Waals surface area contributed by atoms with E-state index in [4.69, 9.17) is 9.15 Å². The second-order valence-corrected chi connectivity index (χ2v) is 7.98. The predicted molar refractivity (Wildman–Crippen MR) is 106 cm³/mol. The highest BCUT2D eigenvalue weighted by Gasteiger charge is 2.38. The topological polar surface area (TPSA) is 45.9 Å². The Morgan fingerprint density at radius 1 is 1.26 bits per heavy atom. The summed E-state index contributed by atoms with van der Waals surface area (Å²) in [6.07, 6.45) is 8.02. The Labute approximate surface area is 161 Å². The van der Waals surface area contributed by atoms with Crippen molar-refractivity contribution in [1.29, 1.82) is 0 Å². The summed E-state index contributed by atoms with van der Waals surface area (Å²) < 4.78 is 11.1. The van der Waals surface area contributed by atoms with Gasteiger partial charge in [-0.05, 0) is 62.9 Å². The molecule has 5 heteroatoms. The van der Waals surface area contributed by atoms with E-state index in [0.717, 1.165) is 48.9 Å². The number of likely N-dealkylation sites (tertiary alicyclic amines) is 1. The first kappa shape index (κ1) is 18.5. The number of methoxy groups -OCH3 is 1. The largest absolute Gasteiger partial charge is 0.464 e. The van der Waals surface area contributed by atoms with Crippen molar-refractivity contribution in [2.24, 2.45) is 0 Å². The van der Waals surface area contributed by atoms with Crippen LogP contribution in [0, 0.1) is 0 Å². The number of carbonyl (C=O) groups is 1. The van der Waals surface area contributed by atoms with Crippen LogP contribution in [-0.2, 0) is 16.0 Å². The van der Waals surface area contributed by atoms with Crippen molar-refractivity contribution < 1.29 is 13.9 Å². The first-order valence-electron chi connectivity index (χ1n) is 10.1. The van der Waals surface area contributed by atoms with Gasteiger partial charge in [0.25, 0.3) is 0 Å². The summed E-state index contributed by atoms with van der Waals surface area (Å²) in [7, 11) is 3.80. The first-order chi connectivity index (χ1) is 13.2. The summed E-state index contributed by atoms with van der Waals surface area (Å²) in [6, 6.07) is 8.57. The number of rotatable bonds is 5. The second-order valence-electron chi connectivity index (χ2n) is 7.98. The van der Waals surface area contributed by atoms with E-state index in [-0.39, 0.29) is 11.9 Å². The number of fused-ring (bicyclic) bond motifs is 1. The molecule has 2 aromatic rings. The van der Waals surface area contributed by atoms with Crippen molar-refractivity contribution in [2.75, 3.05) is 27.2 Å². The normalized spacial score (nSPS) is 26.5. The van der Waals surface area contributed by atoms with Crippen molar-refractivity contribution in [3.8, 4) is 0 Å². The number of carbonyl (C=O) groups excluding carboxylic acids is 1. The van der Waals surface area contributed by atoms with Gasteiger partial charge >= 0.3 is 0 Å². The Morgan fingerprint density at radius 3 is 2.85 bits per heavy atom. The van der Waals surface area contributed by atoms with Gasteiger partial charge in [0.15, 0.2) is 0 Å². The fourth-order valence-electron chi connectivity index (χ4n) is 4.91. The van der Waals surface area contributed by atoms with E-state index in [1.54, 1.807) is 6.26 Å². The van der Waals surface area contributed by atoms with Crippen molar-refractivity contribution in [1.82, 2.24) is 9.80 Å². The summed E-state index contributed by atoms with van der Waals surface area (Å²) >= 11 is 0. The highest BCUT2D eigenvalue weighted by atomic mass is 16.5. The molecular formula is C22H30N2O3. The fraction of sp³-hybridized carbons (Fsp3) is 0.591. The van der Waals surface area contributed by atoms with Crippen LogP contribution in [0.4, 0.5) is 0 Å². The molecule has 1 saturated carbocycles. The van der Waals surface area contributed by atoms with Gasteiger partial charge in [0.1, 0.15) is 5.58 Å². The van der Waals surface area contributed by atoms with Crippen LogP contribution in [0.15, 0.2) is 34.9 Å². The molecule has 0 spiro atoms. The molecule has 5 nitrogen and oxygen atoms in total. The Kier molecular flexibility index (Phi) is 5.50. The molecular weight excluding hydrogens is 340 g/mol. The highest BCUT2D eigenvalue weighted by molar-refractivity contribution is 5.87. The zero-order valence-corrected chi connectivity index (χ0v) is 16.4. The average molecular weight is 370 g/mol. The van der Waals surface area contributed by atoms with Crippen LogP contribution in [0.25, 0.3) is 11.0 Å². The summed E-state index contributed by atoms with van der Waals surface area (Å²) in [5, 5.41) is 1.04. The van der Waals surface area contributed by atoms with Gasteiger partial charge in [-0.25, -0.2) is 0 Å². The lowest BCUT2D eigenvalue weighted by Gasteiger charge is -2.44. The molecule has 1 aliphatic carbocycles. The van der Waals surface area contributed by atoms with Crippen LogP contribution in [0.1, 0.15) is 37.7 Å². The zero-order chi connectivity index (χ0) is 18.8. The maximum atomic E-state index is 13.1. The quantitative estimate of drug-likeness (QED) is 0.809. The number of hydrogen-bond donors (Lipinski definition) is 0. The van der Waals surface area contributed by atoms with Gasteiger partial charge in [-0.2, -0.15) is 0 Å². The van der Waals surface area contributed by atoms with Crippen LogP contribution in [0.3, 0.4) is 0 Å². The van der Waals surface area contributed by atoms with Crippen molar-refractivity contribution in [3.63, 3.8) is 0 Å². The third kappa shape index (κ3) is 3.76. The number of benzene rings is 1. The Hall–Kier alpha value is -1.85. The average Bonchev–Trinajstić information content (AvgIpc) is 3.39. The molecule has 1 saturated heterocycles. The molecule has 0 radical (unpaired) electrons. The maximum absolute atomic E-state index is 13.1. The molecule has 146 valence electrons. The van der Waals surface area contributed by atoms with Crippen LogP contribution in [0.5, 0.6) is 0 Å². The molecule has 0 unspecified atom stereocenters. The number of furan rings is 1. The third-order valence-corrected chi connectivity index (χ3v) is 6.49. The van der Waals surface area contributed by atoms with Gasteiger partial charge in [-0.3, -0.25) is 9.69 Å². The van der Waals surface area contributed by atoms with E-state index in [1.807, 2.05) is 43.3 Å². The van der Waals surface area contributed by atoms with Crippen molar-refractivity contribution in [3.05, 3.63) is 36.1 Å². The van der Waals surface area contributed by atoms with Gasteiger partial charge in [0.2, 0.25) is 5.91 Å². The summed E-state index contributed by atoms with van der Waals surface area (Å²) in [5.74, 6) is 0.189. The number of ether oxygens (including phenoxy) is 1. The van der Waals surface area contributed by atoms with E-state index < -0.39 is 0 Å². The van der Waals surface area contributed by atoms with Crippen LogP contribution >= 0.6 is 0 Å². The van der Waals surface area contributed by atoms with Gasteiger partial charge in [0, 0.05) is 31.6 Å². The monoisotopic (exact) mass is 370 g/mol. The number of nitrogens with zero attached hydrogens (tertiary/aromatic N) is 2. The summed E-state index contributed by atoms with van der Waals surface area (Å²) in [6.45, 7) is 2.29. The second kappa shape index (κ2) is 8.03. The summed E-state index contributed by atoms with van der Waals surface area (Å²) in [4.78, 5) is 17.7. The van der Waals surface area contributed by atoms with Crippen molar-refractivity contribution >= 4 is 16.9 Å². The smallest absolute Gasteiger partial charge is 0.227 e. The minimum atomic E-state index is 0.189. The molecule has 1 aromatic carbocycles. The maximum Gasteiger partial charge on any atom is 0.227 e. The van der Waals surface area contributed by atoms with E-state index in [0.29, 0.717) is 18.6 Å². The molecule has 2 aliphatic rings. The molecule has 1 amide bonds. The summed E-state index contributed by atoms with van der Waals surface area (Å²) in [5.41, 5.74) is 1.89. The highest BCUT2D eigenvalue weighted by Crippen LogP contribution is 2.31. The molecule has 0 N–H and O–H groups in total. The Morgan fingerprint density at radius 2 is 2.07 bits per heavy atom. The lowest BCUT2D eigenvalue weighted by atomic mass is 9.86. The van der Waals surface area contributed by atoms with Gasteiger partial charge in [0.05, 0.1) is 18.8 Å². The van der Waals surface area contributed by atoms with E-state index in [9.17, 15) is 4.79 Å². The standard InChI is InChI=1S/C22H30N2O3/c1-23(22(25)14-16-6-5-7-21-18(16)10-13-27-21)19-9-8-17(26-2)15-20(19)24-11-3-4-12-24/h5-7,10,13,17,19-20H,3-4,8-9,11-12,14-15H2,1-2H3/t17-,19+,20-/m1/s1. The van der Waals surface area contributed by atoms with E-state index >= 15 is 0 Å². The number of hydrogen-bond acceptors (Lipinski definition) is 4. The minimum absolute atomic E-state index is 0.189. The minimum Gasteiger partial charge on any atom is -0.464 e. The third-order valence-electron chi connectivity index (χ3n) is 6.49. The van der Waals surface area contributed by atoms with E-state index in [2.05, 4.69) is 4.90 Å². The first-order valence-corrected chi connectivity index (χ1v) is 10.1. The van der Waals surface area contributed by atoms with Crippen molar-refractivity contribution in [2.45, 2.75) is 56.7 Å².